The van der Waals surface area contributed by atoms with Crippen LogP contribution in [0.1, 0.15) is 105 Å². The lowest BCUT2D eigenvalue weighted by Gasteiger charge is -2.28. The zero-order valence-electron chi connectivity index (χ0n) is 23.2. The van der Waals surface area contributed by atoms with Crippen molar-refractivity contribution in [2.24, 2.45) is 0 Å². The van der Waals surface area contributed by atoms with Crippen molar-refractivity contribution in [1.29, 1.82) is 0 Å². The zero-order chi connectivity index (χ0) is 27.0. The van der Waals surface area contributed by atoms with Crippen LogP contribution in [0, 0.1) is 0 Å². The van der Waals surface area contributed by atoms with Crippen molar-refractivity contribution in [3.8, 4) is 11.5 Å². The molecule has 0 radical (unpaired) electrons. The fourth-order valence-corrected chi connectivity index (χ4v) is 12.0. The van der Waals surface area contributed by atoms with Gasteiger partial charge in [-0.15, -0.1) is 0 Å². The Morgan fingerprint density at radius 1 is 0.429 bits per heavy atom. The fourth-order valence-electron chi connectivity index (χ4n) is 3.72. The summed E-state index contributed by atoms with van der Waals surface area (Å²) in [7, 11) is 8.69. The molecular weight excluding hydrogens is 529 g/mol. The monoisotopic (exact) mass is 570 g/mol. The summed E-state index contributed by atoms with van der Waals surface area (Å²) >= 11 is 0. The second kappa shape index (κ2) is 11.3. The first-order valence-corrected chi connectivity index (χ1v) is 18.0. The number of hydrogen-bond donors (Lipinski definition) is 2. The molecule has 0 atom stereocenters. The third kappa shape index (κ3) is 8.39. The van der Waals surface area contributed by atoms with Gasteiger partial charge >= 0.3 is 0 Å². The van der Waals surface area contributed by atoms with Gasteiger partial charge in [0.15, 0.2) is 0 Å². The van der Waals surface area contributed by atoms with Crippen LogP contribution in [0.25, 0.3) is 0 Å². The Morgan fingerprint density at radius 3 is 0.857 bits per heavy atom. The van der Waals surface area contributed by atoms with E-state index in [1.807, 2.05) is 0 Å². The maximum atomic E-state index is 11.0. The summed E-state index contributed by atoms with van der Waals surface area (Å²) in [4.78, 5) is 2.32. The highest BCUT2D eigenvalue weighted by atomic mass is 33.8. The van der Waals surface area contributed by atoms with Crippen LogP contribution in [-0.4, -0.2) is 10.2 Å². The fraction of sp³-hybridized carbons (Fsp3) is 0.571. The van der Waals surface area contributed by atoms with E-state index in [1.54, 1.807) is 51.1 Å². The van der Waals surface area contributed by atoms with Crippen LogP contribution in [0.2, 0.25) is 0 Å². The highest BCUT2D eigenvalue weighted by Crippen LogP contribution is 2.55. The van der Waals surface area contributed by atoms with Gasteiger partial charge in [0.25, 0.3) is 0 Å². The summed E-state index contributed by atoms with van der Waals surface area (Å²) in [6, 6.07) is 8.52. The first-order valence-electron chi connectivity index (χ1n) is 11.8. The topological polar surface area (TPSA) is 40.5 Å². The quantitative estimate of drug-likeness (QED) is 0.264. The van der Waals surface area contributed by atoms with Crippen LogP contribution in [0.3, 0.4) is 0 Å². The second-order valence-electron chi connectivity index (χ2n) is 13.1. The second-order valence-corrected chi connectivity index (χ2v) is 20.7. The number of aromatic hydroxyl groups is 2. The molecule has 0 unspecified atom stereocenters. The van der Waals surface area contributed by atoms with Gasteiger partial charge in [0, 0.05) is 32.0 Å². The van der Waals surface area contributed by atoms with Crippen LogP contribution in [0.4, 0.5) is 0 Å². The number of benzene rings is 2. The molecule has 0 aliphatic carbocycles. The molecule has 0 saturated heterocycles. The molecule has 196 valence electrons. The van der Waals surface area contributed by atoms with E-state index in [0.29, 0.717) is 11.5 Å². The molecule has 0 fully saturated rings. The van der Waals surface area contributed by atoms with Crippen molar-refractivity contribution in [1.82, 2.24) is 0 Å². The lowest BCUT2D eigenvalue weighted by atomic mass is 9.79. The summed E-state index contributed by atoms with van der Waals surface area (Å²) in [5.41, 5.74) is 3.47. The number of phenols is 2. The maximum absolute atomic E-state index is 11.0. The Hall–Kier alpha value is -0.210. The largest absolute Gasteiger partial charge is 0.507 e. The average molecular weight is 571 g/mol. The lowest BCUT2D eigenvalue weighted by molar-refractivity contribution is 0.421. The van der Waals surface area contributed by atoms with Crippen molar-refractivity contribution in [3.05, 3.63) is 46.5 Å². The molecule has 2 aromatic carbocycles. The van der Waals surface area contributed by atoms with Gasteiger partial charge in [0.05, 0.1) is 0 Å². The van der Waals surface area contributed by atoms with Crippen molar-refractivity contribution >= 4 is 51.1 Å². The molecule has 0 spiro atoms. The molecule has 0 saturated carbocycles. The van der Waals surface area contributed by atoms with Crippen LogP contribution >= 0.6 is 51.1 Å². The zero-order valence-corrected chi connectivity index (χ0v) is 27.3. The molecule has 2 aromatic rings. The maximum Gasteiger partial charge on any atom is 0.123 e. The standard InChI is InChI=1S/C28H42O2S5/c1-25(2,3)19-13-17(14-20(23(19)29)26(4,5)6)31-33-35-34-32-18-15-21(27(7,8)9)24(30)22(16-18)28(10,11)12/h13-16,29-30H,1-12H3. The Balaban J connectivity index is 2.15. The van der Waals surface area contributed by atoms with Crippen molar-refractivity contribution in [2.75, 3.05) is 0 Å². The van der Waals surface area contributed by atoms with Crippen molar-refractivity contribution in [2.45, 2.75) is 115 Å². The normalized spacial score (nSPS) is 13.4. The van der Waals surface area contributed by atoms with Gasteiger partial charge in [-0.1, -0.05) is 83.1 Å². The molecule has 0 aliphatic rings. The first-order chi connectivity index (χ1) is 15.7. The Bertz CT molecular complexity index is 882. The summed E-state index contributed by atoms with van der Waals surface area (Å²) in [5.74, 6) is 0.849. The van der Waals surface area contributed by atoms with E-state index >= 15 is 0 Å². The van der Waals surface area contributed by atoms with Crippen LogP contribution < -0.4 is 0 Å². The van der Waals surface area contributed by atoms with E-state index in [2.05, 4.69) is 107 Å². The third-order valence-corrected chi connectivity index (χ3v) is 13.9. The summed E-state index contributed by atoms with van der Waals surface area (Å²) in [5, 5.41) is 21.9. The van der Waals surface area contributed by atoms with Gasteiger partial charge in [-0.2, -0.15) is 0 Å². The highest BCUT2D eigenvalue weighted by molar-refractivity contribution is 9.35. The average Bonchev–Trinajstić information content (AvgIpc) is 2.66. The molecule has 2 rings (SSSR count). The van der Waals surface area contributed by atoms with Gasteiger partial charge in [0.1, 0.15) is 11.5 Å². The van der Waals surface area contributed by atoms with Crippen LogP contribution in [0.5, 0.6) is 11.5 Å². The van der Waals surface area contributed by atoms with Crippen LogP contribution in [0.15, 0.2) is 34.1 Å². The molecule has 0 aromatic heterocycles. The number of rotatable bonds is 6. The van der Waals surface area contributed by atoms with Gasteiger partial charge in [-0.3, -0.25) is 0 Å². The minimum atomic E-state index is -0.128. The van der Waals surface area contributed by atoms with E-state index in [4.69, 9.17) is 0 Å². The number of hydrogen-bond acceptors (Lipinski definition) is 7. The molecular formula is C28H42O2S5. The molecule has 0 bridgehead atoms. The van der Waals surface area contributed by atoms with Crippen molar-refractivity contribution < 1.29 is 10.2 Å². The predicted octanol–water partition coefficient (Wildman–Crippen LogP) is 11.0. The Morgan fingerprint density at radius 2 is 0.657 bits per heavy atom. The third-order valence-electron chi connectivity index (χ3n) is 5.71. The molecule has 2 N–H and O–H groups in total. The van der Waals surface area contributed by atoms with Gasteiger partial charge in [0.2, 0.25) is 0 Å². The summed E-state index contributed by atoms with van der Waals surface area (Å²) in [6.07, 6.45) is 0. The van der Waals surface area contributed by atoms with Gasteiger partial charge in [-0.05, 0) is 97.0 Å². The van der Waals surface area contributed by atoms with E-state index in [0.717, 1.165) is 32.0 Å². The van der Waals surface area contributed by atoms with E-state index in [-0.39, 0.29) is 21.7 Å². The number of phenolic OH excluding ortho intramolecular Hbond substituents is 2. The van der Waals surface area contributed by atoms with E-state index in [1.165, 1.54) is 0 Å². The molecule has 0 amide bonds. The highest BCUT2D eigenvalue weighted by Gasteiger charge is 2.28. The predicted molar refractivity (Wildman–Crippen MR) is 166 cm³/mol. The smallest absolute Gasteiger partial charge is 0.123 e. The molecule has 2 nitrogen and oxygen atoms in total. The first kappa shape index (κ1) is 31.0. The Labute approximate surface area is 232 Å². The van der Waals surface area contributed by atoms with Crippen molar-refractivity contribution in [3.63, 3.8) is 0 Å². The SMILES string of the molecule is CC(C)(C)c1cc(SSSSSc2cc(C(C)(C)C)c(O)c(C(C)(C)C)c2)cc(C(C)(C)C)c1O. The lowest BCUT2D eigenvalue weighted by Crippen LogP contribution is -2.17. The minimum absolute atomic E-state index is 0.128. The Kier molecular flexibility index (Phi) is 9.98. The summed E-state index contributed by atoms with van der Waals surface area (Å²) in [6.45, 7) is 25.7. The molecule has 35 heavy (non-hydrogen) atoms. The van der Waals surface area contributed by atoms with E-state index in [9.17, 15) is 10.2 Å². The minimum Gasteiger partial charge on any atom is -0.507 e. The van der Waals surface area contributed by atoms with Gasteiger partial charge in [-0.25, -0.2) is 0 Å². The van der Waals surface area contributed by atoms with E-state index < -0.39 is 0 Å². The molecule has 7 heteroatoms. The van der Waals surface area contributed by atoms with Crippen LogP contribution in [-0.2, 0) is 21.7 Å². The summed E-state index contributed by atoms with van der Waals surface area (Å²) < 4.78 is 0. The molecule has 0 heterocycles. The van der Waals surface area contributed by atoms with Gasteiger partial charge < -0.3 is 10.2 Å². The molecule has 0 aliphatic heterocycles.